The Bertz CT molecular complexity index is 491. The van der Waals surface area contributed by atoms with Gasteiger partial charge in [0.2, 0.25) is 0 Å². The molecule has 1 rings (SSSR count). The standard InChI is InChI=1S/C11H13N5/c1-6(2)3-9-7(4-12)10(14)8(5-13)11(15)16-9/h6H,3H2,1-2H3,(H4,14,15,16). The minimum absolute atomic E-state index is 0.0871. The normalized spacial score (nSPS) is 9.81. The smallest absolute Gasteiger partial charge is 0.143 e. The number of nitriles is 2. The molecule has 0 saturated heterocycles. The summed E-state index contributed by atoms with van der Waals surface area (Å²) in [4.78, 5) is 4.07. The number of rotatable bonds is 2. The molecule has 0 aliphatic rings. The van der Waals surface area contributed by atoms with E-state index in [4.69, 9.17) is 22.0 Å². The SMILES string of the molecule is CC(C)Cc1nc(N)c(C#N)c(N)c1C#N. The topological polar surface area (TPSA) is 113 Å². The van der Waals surface area contributed by atoms with Gasteiger partial charge in [0, 0.05) is 0 Å². The van der Waals surface area contributed by atoms with Gasteiger partial charge in [-0.15, -0.1) is 0 Å². The Morgan fingerprint density at radius 3 is 2.19 bits per heavy atom. The van der Waals surface area contributed by atoms with Crippen molar-refractivity contribution < 1.29 is 0 Å². The molecule has 5 nitrogen and oxygen atoms in total. The quantitative estimate of drug-likeness (QED) is 0.769. The summed E-state index contributed by atoms with van der Waals surface area (Å²) in [6.07, 6.45) is 0.614. The number of hydrogen-bond acceptors (Lipinski definition) is 5. The number of hydrogen-bond donors (Lipinski definition) is 2. The minimum atomic E-state index is 0.0871. The Hall–Kier alpha value is -2.27. The van der Waals surface area contributed by atoms with Gasteiger partial charge in [-0.2, -0.15) is 10.5 Å². The van der Waals surface area contributed by atoms with Crippen molar-refractivity contribution in [2.45, 2.75) is 20.3 Å². The number of anilines is 2. The van der Waals surface area contributed by atoms with Crippen molar-refractivity contribution >= 4 is 11.5 Å². The van der Waals surface area contributed by atoms with Gasteiger partial charge in [0.25, 0.3) is 0 Å². The van der Waals surface area contributed by atoms with Crippen LogP contribution in [0.25, 0.3) is 0 Å². The number of pyridine rings is 1. The fraction of sp³-hybridized carbons (Fsp3) is 0.364. The van der Waals surface area contributed by atoms with E-state index in [1.165, 1.54) is 0 Å². The molecule has 0 spiro atoms. The highest BCUT2D eigenvalue weighted by Gasteiger charge is 2.16. The zero-order valence-corrected chi connectivity index (χ0v) is 9.28. The molecule has 0 amide bonds. The largest absolute Gasteiger partial charge is 0.396 e. The lowest BCUT2D eigenvalue weighted by Crippen LogP contribution is -2.09. The number of aromatic nitrogens is 1. The van der Waals surface area contributed by atoms with E-state index in [1.807, 2.05) is 26.0 Å². The molecule has 0 unspecified atom stereocenters. The maximum absolute atomic E-state index is 9.00. The fourth-order valence-electron chi connectivity index (χ4n) is 1.45. The van der Waals surface area contributed by atoms with Crippen molar-refractivity contribution in [3.63, 3.8) is 0 Å². The minimum Gasteiger partial charge on any atom is -0.396 e. The molecular formula is C11H13N5. The molecule has 82 valence electrons. The molecule has 0 saturated carbocycles. The Labute approximate surface area is 94.3 Å². The lowest BCUT2D eigenvalue weighted by molar-refractivity contribution is 0.635. The third kappa shape index (κ3) is 2.04. The highest BCUT2D eigenvalue weighted by molar-refractivity contribution is 5.71. The highest BCUT2D eigenvalue weighted by Crippen LogP contribution is 2.25. The molecule has 1 heterocycles. The van der Waals surface area contributed by atoms with Crippen molar-refractivity contribution in [1.29, 1.82) is 10.5 Å². The summed E-state index contributed by atoms with van der Waals surface area (Å²) < 4.78 is 0. The third-order valence-corrected chi connectivity index (χ3v) is 2.16. The second-order valence-electron chi connectivity index (χ2n) is 3.93. The molecule has 0 fully saturated rings. The van der Waals surface area contributed by atoms with E-state index >= 15 is 0 Å². The Morgan fingerprint density at radius 2 is 1.75 bits per heavy atom. The average Bonchev–Trinajstić information content (AvgIpc) is 2.17. The summed E-state index contributed by atoms with van der Waals surface area (Å²) in [6, 6.07) is 3.83. The van der Waals surface area contributed by atoms with Crippen LogP contribution in [0.2, 0.25) is 0 Å². The first-order valence-electron chi connectivity index (χ1n) is 4.89. The zero-order chi connectivity index (χ0) is 12.3. The lowest BCUT2D eigenvalue weighted by Gasteiger charge is -2.10. The van der Waals surface area contributed by atoms with Gasteiger partial charge in [-0.25, -0.2) is 4.98 Å². The van der Waals surface area contributed by atoms with Crippen LogP contribution in [0.3, 0.4) is 0 Å². The van der Waals surface area contributed by atoms with Crippen LogP contribution < -0.4 is 11.5 Å². The zero-order valence-electron chi connectivity index (χ0n) is 9.28. The molecule has 5 heteroatoms. The van der Waals surface area contributed by atoms with Gasteiger partial charge >= 0.3 is 0 Å². The summed E-state index contributed by atoms with van der Waals surface area (Å²) >= 11 is 0. The molecule has 0 aliphatic heterocycles. The Kier molecular flexibility index (Phi) is 3.32. The van der Waals surface area contributed by atoms with E-state index < -0.39 is 0 Å². The first-order chi connectivity index (χ1) is 7.51. The van der Waals surface area contributed by atoms with Crippen molar-refractivity contribution in [1.82, 2.24) is 4.98 Å². The van der Waals surface area contributed by atoms with Crippen molar-refractivity contribution in [2.24, 2.45) is 5.92 Å². The van der Waals surface area contributed by atoms with Crippen molar-refractivity contribution in [3.8, 4) is 12.1 Å². The van der Waals surface area contributed by atoms with E-state index in [0.29, 0.717) is 18.0 Å². The first-order valence-corrected chi connectivity index (χ1v) is 4.89. The maximum Gasteiger partial charge on any atom is 0.143 e. The second kappa shape index (κ2) is 4.50. The van der Waals surface area contributed by atoms with E-state index in [2.05, 4.69) is 4.98 Å². The summed E-state index contributed by atoms with van der Waals surface area (Å²) in [5.74, 6) is 0.431. The Morgan fingerprint density at radius 1 is 1.19 bits per heavy atom. The van der Waals surface area contributed by atoms with E-state index in [-0.39, 0.29) is 22.6 Å². The third-order valence-electron chi connectivity index (χ3n) is 2.16. The van der Waals surface area contributed by atoms with Crippen LogP contribution in [0, 0.1) is 28.6 Å². The summed E-state index contributed by atoms with van der Waals surface area (Å²) in [5.41, 5.74) is 12.4. The predicted octanol–water partition coefficient (Wildman–Crippen LogP) is 1.19. The van der Waals surface area contributed by atoms with Crippen molar-refractivity contribution in [3.05, 3.63) is 16.8 Å². The monoisotopic (exact) mass is 215 g/mol. The van der Waals surface area contributed by atoms with Crippen LogP contribution in [0.1, 0.15) is 30.7 Å². The molecule has 4 N–H and O–H groups in total. The molecule has 0 atom stereocenters. The first kappa shape index (κ1) is 11.8. The average molecular weight is 215 g/mol. The van der Waals surface area contributed by atoms with Gasteiger partial charge in [-0.05, 0) is 12.3 Å². The molecule has 1 aromatic heterocycles. The number of nitrogens with zero attached hydrogens (tertiary/aromatic N) is 3. The maximum atomic E-state index is 9.00. The Balaban J connectivity index is 3.44. The van der Waals surface area contributed by atoms with Crippen LogP contribution in [0.4, 0.5) is 11.5 Å². The van der Waals surface area contributed by atoms with Crippen LogP contribution in [-0.4, -0.2) is 4.98 Å². The number of nitrogen functional groups attached to an aromatic ring is 2. The molecule has 0 radical (unpaired) electrons. The van der Waals surface area contributed by atoms with Gasteiger partial charge in [0.05, 0.1) is 16.9 Å². The highest BCUT2D eigenvalue weighted by atomic mass is 14.9. The second-order valence-corrected chi connectivity index (χ2v) is 3.93. The summed E-state index contributed by atoms with van der Waals surface area (Å²) in [5, 5.41) is 17.8. The molecule has 16 heavy (non-hydrogen) atoms. The summed E-state index contributed by atoms with van der Waals surface area (Å²) in [6.45, 7) is 4.01. The van der Waals surface area contributed by atoms with Crippen LogP contribution in [-0.2, 0) is 6.42 Å². The van der Waals surface area contributed by atoms with Crippen LogP contribution in [0.5, 0.6) is 0 Å². The number of nitrogens with two attached hydrogens (primary N) is 2. The van der Waals surface area contributed by atoms with Gasteiger partial charge in [0.15, 0.2) is 0 Å². The van der Waals surface area contributed by atoms with Crippen LogP contribution in [0.15, 0.2) is 0 Å². The van der Waals surface area contributed by atoms with Crippen molar-refractivity contribution in [2.75, 3.05) is 11.5 Å². The van der Waals surface area contributed by atoms with Gasteiger partial charge in [-0.1, -0.05) is 13.8 Å². The summed E-state index contributed by atoms with van der Waals surface area (Å²) in [7, 11) is 0. The molecule has 1 aromatic rings. The van der Waals surface area contributed by atoms with Crippen LogP contribution >= 0.6 is 0 Å². The van der Waals surface area contributed by atoms with Gasteiger partial charge in [0.1, 0.15) is 23.5 Å². The van der Waals surface area contributed by atoms with Gasteiger partial charge in [-0.3, -0.25) is 0 Å². The molecule has 0 bridgehead atoms. The predicted molar refractivity (Wildman–Crippen MR) is 61.0 cm³/mol. The van der Waals surface area contributed by atoms with Gasteiger partial charge < -0.3 is 11.5 Å². The fourth-order valence-corrected chi connectivity index (χ4v) is 1.45. The molecular weight excluding hydrogens is 202 g/mol. The molecule has 0 aromatic carbocycles. The van der Waals surface area contributed by atoms with E-state index in [1.54, 1.807) is 0 Å². The molecule has 0 aliphatic carbocycles. The lowest BCUT2D eigenvalue weighted by atomic mass is 10.0. The van der Waals surface area contributed by atoms with E-state index in [9.17, 15) is 0 Å². The van der Waals surface area contributed by atoms with E-state index in [0.717, 1.165) is 0 Å².